The van der Waals surface area contributed by atoms with Crippen LogP contribution in [0.2, 0.25) is 0 Å². The maximum Gasteiger partial charge on any atom is 0.323 e. The lowest BCUT2D eigenvalue weighted by Gasteiger charge is -1.90. The van der Waals surface area contributed by atoms with Gasteiger partial charge in [-0.2, -0.15) is 0 Å². The van der Waals surface area contributed by atoms with Gasteiger partial charge in [-0.25, -0.2) is 0 Å². The minimum absolute atomic E-state index is 0.326. The first-order valence-electron chi connectivity index (χ1n) is 2.46. The summed E-state index contributed by atoms with van der Waals surface area (Å²) in [7, 11) is 0. The number of rotatable bonds is 2. The van der Waals surface area contributed by atoms with Crippen LogP contribution in [0, 0.1) is 6.92 Å². The van der Waals surface area contributed by atoms with E-state index in [2.05, 4.69) is 9.94 Å². The molecule has 1 rings (SSSR count). The molecular weight excluding hydrogens is 120 g/mol. The van der Waals surface area contributed by atoms with E-state index in [-0.39, 0.29) is 0 Å². The first-order chi connectivity index (χ1) is 4.33. The van der Waals surface area contributed by atoms with Crippen molar-refractivity contribution in [2.24, 2.45) is 0 Å². The lowest BCUT2D eigenvalue weighted by atomic mass is 10.5. The summed E-state index contributed by atoms with van der Waals surface area (Å²) in [6.45, 7) is 2.14. The van der Waals surface area contributed by atoms with Crippen molar-refractivity contribution in [2.75, 3.05) is 0 Å². The highest BCUT2D eigenvalue weighted by atomic mass is 16.7. The molecule has 0 bridgehead atoms. The summed E-state index contributed by atoms with van der Waals surface area (Å²) in [6.07, 6.45) is 1.56. The molecule has 1 aromatic rings. The van der Waals surface area contributed by atoms with Gasteiger partial charge in [0.2, 0.25) is 0 Å². The van der Waals surface area contributed by atoms with Gasteiger partial charge in [0.05, 0.1) is 11.9 Å². The molecule has 0 spiro atoms. The van der Waals surface area contributed by atoms with E-state index in [4.69, 9.17) is 0 Å². The largest absolute Gasteiger partial charge is 0.323 e. The molecule has 9 heavy (non-hydrogen) atoms. The number of aromatic nitrogens is 2. The Bertz CT molecular complexity index is 206. The summed E-state index contributed by atoms with van der Waals surface area (Å²) in [5.74, 6) is 0. The van der Waals surface area contributed by atoms with Crippen LogP contribution >= 0.6 is 0 Å². The molecule has 1 heterocycles. The molecule has 0 unspecified atom stereocenters. The van der Waals surface area contributed by atoms with E-state index in [0.29, 0.717) is 6.47 Å². The third-order valence-corrected chi connectivity index (χ3v) is 0.851. The third kappa shape index (κ3) is 1.28. The number of nitrogens with zero attached hydrogens (tertiary/aromatic N) is 2. The Balaban J connectivity index is 2.72. The fourth-order valence-corrected chi connectivity index (χ4v) is 0.497. The van der Waals surface area contributed by atoms with Gasteiger partial charge in [-0.3, -0.25) is 4.79 Å². The maximum absolute atomic E-state index is 9.70. The molecule has 0 aliphatic heterocycles. The van der Waals surface area contributed by atoms with Crippen molar-refractivity contribution < 1.29 is 9.63 Å². The van der Waals surface area contributed by atoms with Crippen LogP contribution in [0.3, 0.4) is 0 Å². The third-order valence-electron chi connectivity index (χ3n) is 0.851. The summed E-state index contributed by atoms with van der Waals surface area (Å²) in [4.78, 5) is 15.2. The van der Waals surface area contributed by atoms with Crippen molar-refractivity contribution in [1.82, 2.24) is 9.94 Å². The summed E-state index contributed by atoms with van der Waals surface area (Å²) >= 11 is 0. The van der Waals surface area contributed by atoms with Crippen LogP contribution in [0.25, 0.3) is 0 Å². The number of carbonyl (C=O) groups is 1. The minimum atomic E-state index is 0.326. The number of aryl methyl sites for hydroxylation is 1. The number of carbonyl (C=O) groups excluding carboxylic acids is 1. The number of hydrogen-bond acceptors (Lipinski definition) is 3. The zero-order valence-electron chi connectivity index (χ0n) is 4.94. The molecule has 0 aliphatic carbocycles. The van der Waals surface area contributed by atoms with Crippen molar-refractivity contribution >= 4 is 6.47 Å². The van der Waals surface area contributed by atoms with Crippen molar-refractivity contribution in [2.45, 2.75) is 6.92 Å². The molecule has 0 aliphatic rings. The smallest absolute Gasteiger partial charge is 0.323 e. The van der Waals surface area contributed by atoms with Crippen molar-refractivity contribution in [1.29, 1.82) is 0 Å². The molecule has 0 atom stereocenters. The van der Waals surface area contributed by atoms with Crippen LogP contribution in [-0.4, -0.2) is 16.4 Å². The van der Waals surface area contributed by atoms with Gasteiger partial charge < -0.3 is 4.84 Å². The second-order valence-electron chi connectivity index (χ2n) is 1.56. The maximum atomic E-state index is 9.70. The lowest BCUT2D eigenvalue weighted by Crippen LogP contribution is -2.09. The minimum Gasteiger partial charge on any atom is -0.323 e. The normalized spacial score (nSPS) is 9.00. The average Bonchev–Trinajstić information content (AvgIpc) is 2.17. The van der Waals surface area contributed by atoms with Gasteiger partial charge >= 0.3 is 6.47 Å². The van der Waals surface area contributed by atoms with Gasteiger partial charge in [-0.15, -0.1) is 5.10 Å². The zero-order chi connectivity index (χ0) is 6.69. The lowest BCUT2D eigenvalue weighted by molar-refractivity contribution is -0.130. The first kappa shape index (κ1) is 5.81. The molecule has 0 saturated heterocycles. The molecule has 4 nitrogen and oxygen atoms in total. The predicted octanol–water partition coefficient (Wildman–Crippen LogP) is -0.223. The Morgan fingerprint density at radius 3 is 3.11 bits per heavy atom. The van der Waals surface area contributed by atoms with E-state index in [9.17, 15) is 4.79 Å². The average molecular weight is 126 g/mol. The Labute approximate surface area is 52.0 Å². The van der Waals surface area contributed by atoms with Crippen molar-refractivity contribution in [3.8, 4) is 0 Å². The SMILES string of the molecule is Cc1ccn(OC=O)n1. The Morgan fingerprint density at radius 2 is 2.67 bits per heavy atom. The molecule has 0 radical (unpaired) electrons. The van der Waals surface area contributed by atoms with Crippen molar-refractivity contribution in [3.63, 3.8) is 0 Å². The van der Waals surface area contributed by atoms with E-state index in [1.54, 1.807) is 12.3 Å². The Kier molecular flexibility index (Phi) is 1.48. The zero-order valence-corrected chi connectivity index (χ0v) is 4.94. The topological polar surface area (TPSA) is 44.1 Å². The molecule has 0 amide bonds. The van der Waals surface area contributed by atoms with Crippen LogP contribution in [0.15, 0.2) is 12.3 Å². The molecule has 1 aromatic heterocycles. The van der Waals surface area contributed by atoms with Crippen LogP contribution in [0.4, 0.5) is 0 Å². The first-order valence-corrected chi connectivity index (χ1v) is 2.46. The monoisotopic (exact) mass is 126 g/mol. The standard InChI is InChI=1S/C5H6N2O2/c1-5-2-3-7(6-5)9-4-8/h2-4H,1H3. The van der Waals surface area contributed by atoms with E-state index in [1.165, 1.54) is 0 Å². The van der Waals surface area contributed by atoms with Crippen molar-refractivity contribution in [3.05, 3.63) is 18.0 Å². The number of hydrogen-bond donors (Lipinski definition) is 0. The Morgan fingerprint density at radius 1 is 1.89 bits per heavy atom. The second kappa shape index (κ2) is 2.30. The van der Waals surface area contributed by atoms with Gasteiger partial charge in [0.1, 0.15) is 0 Å². The molecule has 48 valence electrons. The molecule has 0 saturated carbocycles. The molecule has 0 N–H and O–H groups in total. The molecular formula is C5H6N2O2. The van der Waals surface area contributed by atoms with E-state index >= 15 is 0 Å². The quantitative estimate of drug-likeness (QED) is 0.514. The molecule has 4 heteroatoms. The van der Waals surface area contributed by atoms with Crippen LogP contribution in [0.1, 0.15) is 5.69 Å². The van der Waals surface area contributed by atoms with Gasteiger partial charge in [0.15, 0.2) is 0 Å². The van der Waals surface area contributed by atoms with Crippen LogP contribution in [0.5, 0.6) is 0 Å². The summed E-state index contributed by atoms with van der Waals surface area (Å²) in [6, 6.07) is 1.74. The second-order valence-corrected chi connectivity index (χ2v) is 1.56. The highest BCUT2D eigenvalue weighted by molar-refractivity contribution is 5.37. The highest BCUT2D eigenvalue weighted by Gasteiger charge is 1.89. The summed E-state index contributed by atoms with van der Waals surface area (Å²) in [5, 5.41) is 3.76. The Hall–Kier alpha value is -1.32. The summed E-state index contributed by atoms with van der Waals surface area (Å²) < 4.78 is 0. The van der Waals surface area contributed by atoms with Gasteiger partial charge in [-0.05, 0) is 13.0 Å². The van der Waals surface area contributed by atoms with Gasteiger partial charge in [0.25, 0.3) is 0 Å². The van der Waals surface area contributed by atoms with Crippen LogP contribution in [-0.2, 0) is 4.79 Å². The highest BCUT2D eigenvalue weighted by Crippen LogP contribution is 1.87. The van der Waals surface area contributed by atoms with Crippen LogP contribution < -0.4 is 4.84 Å². The fourth-order valence-electron chi connectivity index (χ4n) is 0.497. The summed E-state index contributed by atoms with van der Waals surface area (Å²) in [5.41, 5.74) is 0.817. The fraction of sp³-hybridized carbons (Fsp3) is 0.200. The van der Waals surface area contributed by atoms with E-state index in [1.807, 2.05) is 6.92 Å². The van der Waals surface area contributed by atoms with Gasteiger partial charge in [-0.1, -0.05) is 4.85 Å². The molecule has 0 fully saturated rings. The predicted molar refractivity (Wildman–Crippen MR) is 29.6 cm³/mol. The van der Waals surface area contributed by atoms with E-state index < -0.39 is 0 Å². The van der Waals surface area contributed by atoms with E-state index in [0.717, 1.165) is 10.5 Å². The van der Waals surface area contributed by atoms with Gasteiger partial charge in [0, 0.05) is 0 Å². The molecule has 0 aromatic carbocycles.